The van der Waals surface area contributed by atoms with Gasteiger partial charge in [0.25, 0.3) is 11.8 Å². The second kappa shape index (κ2) is 8.31. The monoisotopic (exact) mass is 463 g/mol. The van der Waals surface area contributed by atoms with E-state index in [1.165, 1.54) is 30.3 Å². The zero-order valence-electron chi connectivity index (χ0n) is 18.5. The van der Waals surface area contributed by atoms with E-state index in [1.54, 1.807) is 0 Å². The van der Waals surface area contributed by atoms with Crippen molar-refractivity contribution in [2.24, 2.45) is 0 Å². The first-order chi connectivity index (χ1) is 15.9. The molecule has 0 radical (unpaired) electrons. The number of hydrogen-bond acceptors (Lipinski definition) is 4. The summed E-state index contributed by atoms with van der Waals surface area (Å²) in [7, 11) is 0. The molecule has 7 nitrogen and oxygen atoms in total. The molecular weight excluding hydrogens is 444 g/mol. The number of piperidine rings is 1. The molecule has 2 N–H and O–H groups in total. The molecule has 0 spiro atoms. The molecule has 1 saturated heterocycles. The fourth-order valence-electron chi connectivity index (χ4n) is 3.60. The summed E-state index contributed by atoms with van der Waals surface area (Å²) in [6.45, 7) is -0.593. The topological polar surface area (TPSA) is 95.6 Å². The summed E-state index contributed by atoms with van der Waals surface area (Å²) >= 11 is 5.70. The summed E-state index contributed by atoms with van der Waals surface area (Å²) in [6, 6.07) is 6.79. The SMILES string of the molecule is [2H]N(Cc1ccc2c(c1)CN([C@@]1([2H])CCC(=O)NC1=O)C2=O)C(=O)C(F)(F)c1ccc(Cl)cc1. The number of nitrogens with zero attached hydrogens (tertiary/aromatic N) is 1. The van der Waals surface area contributed by atoms with Gasteiger partial charge in [-0.15, -0.1) is 0 Å². The van der Waals surface area contributed by atoms with Crippen LogP contribution in [0.15, 0.2) is 42.5 Å². The maximum absolute atomic E-state index is 14.6. The summed E-state index contributed by atoms with van der Waals surface area (Å²) in [6.07, 6.45) is -0.239. The molecule has 4 amide bonds. The number of carbonyl (C=O) groups is 4. The highest BCUT2D eigenvalue weighted by Crippen LogP contribution is 2.30. The van der Waals surface area contributed by atoms with Gasteiger partial charge in [-0.2, -0.15) is 8.78 Å². The maximum atomic E-state index is 14.6. The van der Waals surface area contributed by atoms with Crippen LogP contribution in [-0.2, 0) is 33.4 Å². The lowest BCUT2D eigenvalue weighted by Gasteiger charge is -2.29. The lowest BCUT2D eigenvalue weighted by Crippen LogP contribution is -2.52. The van der Waals surface area contributed by atoms with Crippen molar-refractivity contribution >= 4 is 35.2 Å². The number of halogens is 3. The predicted octanol–water partition coefficient (Wildman–Crippen LogP) is 2.51. The number of rotatable bonds is 5. The summed E-state index contributed by atoms with van der Waals surface area (Å²) in [5.41, 5.74) is 0.351. The van der Waals surface area contributed by atoms with Crippen LogP contribution in [0.25, 0.3) is 0 Å². The molecule has 2 aromatic rings. The van der Waals surface area contributed by atoms with Gasteiger partial charge in [0.05, 0.1) is 1.37 Å². The smallest absolute Gasteiger partial charge is 0.346 e. The molecule has 2 aromatic carbocycles. The third kappa shape index (κ3) is 4.08. The highest BCUT2D eigenvalue weighted by atomic mass is 35.5. The Morgan fingerprint density at radius 3 is 2.66 bits per heavy atom. The molecule has 0 unspecified atom stereocenters. The zero-order chi connectivity index (χ0) is 24.8. The van der Waals surface area contributed by atoms with Crippen molar-refractivity contribution in [3.63, 3.8) is 0 Å². The number of amides is 4. The Bertz CT molecular complexity index is 1210. The van der Waals surface area contributed by atoms with Crippen LogP contribution in [-0.4, -0.2) is 34.5 Å². The van der Waals surface area contributed by atoms with Crippen molar-refractivity contribution in [2.75, 3.05) is 0 Å². The third-order valence-corrected chi connectivity index (χ3v) is 5.54. The van der Waals surface area contributed by atoms with Crippen molar-refractivity contribution in [3.8, 4) is 0 Å². The van der Waals surface area contributed by atoms with Crippen LogP contribution >= 0.6 is 11.6 Å². The summed E-state index contributed by atoms with van der Waals surface area (Å²) in [5, 5.41) is 2.43. The Labute approximate surface area is 189 Å². The summed E-state index contributed by atoms with van der Waals surface area (Å²) < 4.78 is 45.5. The van der Waals surface area contributed by atoms with Gasteiger partial charge in [0, 0.05) is 35.7 Å². The molecule has 0 bridgehead atoms. The van der Waals surface area contributed by atoms with Crippen LogP contribution in [0.1, 0.15) is 41.3 Å². The molecule has 0 aromatic heterocycles. The standard InChI is InChI=1S/C22H18ClF2N3O4/c23-15-4-2-14(3-5-15)22(24,25)21(32)26-10-12-1-6-16-13(9-12)11-28(20(16)31)17-7-8-18(29)27-19(17)30/h1-6,9,17H,7-8,10-11H2,(H,26,32)(H,27,29,30)/t17-/m0/s1/i17D/hD. The van der Waals surface area contributed by atoms with Crippen molar-refractivity contribution < 1.29 is 30.7 Å². The quantitative estimate of drug-likeness (QED) is 0.666. The Hall–Kier alpha value is -3.33. The van der Waals surface area contributed by atoms with Gasteiger partial charge >= 0.3 is 5.92 Å². The molecule has 4 rings (SSSR count). The predicted molar refractivity (Wildman–Crippen MR) is 110 cm³/mol. The van der Waals surface area contributed by atoms with Crippen molar-refractivity contribution in [1.82, 2.24) is 15.5 Å². The normalized spacial score (nSPS) is 21.6. The lowest BCUT2D eigenvalue weighted by molar-refractivity contribution is -0.147. The van der Waals surface area contributed by atoms with E-state index in [0.29, 0.717) is 11.1 Å². The molecule has 2 heterocycles. The Kier molecular flexibility index (Phi) is 5.03. The number of fused-ring (bicyclic) bond motifs is 1. The largest absolute Gasteiger partial charge is 0.349 e. The molecule has 2 aliphatic rings. The minimum Gasteiger partial charge on any atom is -0.346 e. The van der Waals surface area contributed by atoms with Crippen molar-refractivity contribution in [1.29, 1.82) is 0 Å². The first-order valence-corrected chi connectivity index (χ1v) is 10.0. The number of benzene rings is 2. The van der Waals surface area contributed by atoms with Crippen LogP contribution in [0.4, 0.5) is 8.78 Å². The van der Waals surface area contributed by atoms with E-state index in [0.717, 1.165) is 17.0 Å². The minimum atomic E-state index is -3.95. The third-order valence-electron chi connectivity index (χ3n) is 5.28. The van der Waals surface area contributed by atoms with Gasteiger partial charge in [0.15, 0.2) is 1.41 Å². The van der Waals surface area contributed by atoms with E-state index in [1.807, 2.05) is 0 Å². The average molecular weight is 464 g/mol. The van der Waals surface area contributed by atoms with Gasteiger partial charge in [-0.05, 0) is 35.7 Å². The van der Waals surface area contributed by atoms with Crippen LogP contribution in [0.3, 0.4) is 0 Å². The molecule has 1 atom stereocenters. The number of alkyl halides is 2. The Balaban J connectivity index is 1.50. The van der Waals surface area contributed by atoms with E-state index in [9.17, 15) is 28.0 Å². The van der Waals surface area contributed by atoms with Crippen LogP contribution < -0.4 is 10.6 Å². The minimum absolute atomic E-state index is 0.0850. The van der Waals surface area contributed by atoms with E-state index in [4.69, 9.17) is 14.4 Å². The van der Waals surface area contributed by atoms with Crippen LogP contribution in [0.5, 0.6) is 0 Å². The van der Waals surface area contributed by atoms with Gasteiger partial charge in [-0.1, -0.05) is 35.9 Å². The highest BCUT2D eigenvalue weighted by molar-refractivity contribution is 6.30. The second-order valence-electron chi connectivity index (χ2n) is 7.41. The average Bonchev–Trinajstić information content (AvgIpc) is 3.12. The lowest BCUT2D eigenvalue weighted by atomic mass is 10.0. The van der Waals surface area contributed by atoms with E-state index < -0.39 is 47.7 Å². The van der Waals surface area contributed by atoms with Gasteiger partial charge in [-0.25, -0.2) is 0 Å². The van der Waals surface area contributed by atoms with Gasteiger partial charge in [0.2, 0.25) is 11.8 Å². The summed E-state index contributed by atoms with van der Waals surface area (Å²) in [5.74, 6) is -7.66. The summed E-state index contributed by atoms with van der Waals surface area (Å²) in [4.78, 5) is 49.8. The fraction of sp³-hybridized carbons (Fsp3) is 0.273. The molecule has 0 aliphatic carbocycles. The number of nitrogens with one attached hydrogen (secondary N) is 2. The fourth-order valence-corrected chi connectivity index (χ4v) is 3.73. The van der Waals surface area contributed by atoms with Gasteiger partial charge < -0.3 is 10.2 Å². The van der Waals surface area contributed by atoms with Gasteiger partial charge in [-0.3, -0.25) is 24.5 Å². The molecule has 0 saturated carbocycles. The van der Waals surface area contributed by atoms with E-state index in [-0.39, 0.29) is 35.3 Å². The molecule has 10 heteroatoms. The van der Waals surface area contributed by atoms with Crippen LogP contribution in [0.2, 0.25) is 6.43 Å². The van der Waals surface area contributed by atoms with Crippen molar-refractivity contribution in [2.45, 2.75) is 37.9 Å². The maximum Gasteiger partial charge on any atom is 0.349 e. The zero-order valence-corrected chi connectivity index (χ0v) is 17.3. The highest BCUT2D eigenvalue weighted by Gasteiger charge is 2.41. The van der Waals surface area contributed by atoms with Crippen molar-refractivity contribution in [3.05, 3.63) is 69.7 Å². The first-order valence-electron chi connectivity index (χ1n) is 10.6. The van der Waals surface area contributed by atoms with Crippen LogP contribution in [0, 0.1) is 0 Å². The number of imide groups is 1. The Morgan fingerprint density at radius 1 is 1.25 bits per heavy atom. The van der Waals surface area contributed by atoms with E-state index >= 15 is 0 Å². The molecule has 166 valence electrons. The number of hydrogen-bond donors (Lipinski definition) is 2. The molecule has 2 aliphatic heterocycles. The molecule has 1 fully saturated rings. The number of carbonyl (C=O) groups excluding carboxylic acids is 4. The second-order valence-corrected chi connectivity index (χ2v) is 7.85. The molecule has 32 heavy (non-hydrogen) atoms. The van der Waals surface area contributed by atoms with Gasteiger partial charge in [0.1, 0.15) is 6.02 Å². The molecular formula is C22H18ClF2N3O4. The van der Waals surface area contributed by atoms with E-state index in [2.05, 4.69) is 5.32 Å². The Morgan fingerprint density at radius 2 is 1.97 bits per heavy atom. The first kappa shape index (κ1) is 19.4.